The minimum absolute atomic E-state index is 0.629. The summed E-state index contributed by atoms with van der Waals surface area (Å²) < 4.78 is 44.5. The van der Waals surface area contributed by atoms with Crippen molar-refractivity contribution < 1.29 is 6.85 Å². The fourth-order valence-electron chi connectivity index (χ4n) is 2.37. The van der Waals surface area contributed by atoms with Crippen molar-refractivity contribution in [1.29, 1.82) is 0 Å². The first-order valence-corrected chi connectivity index (χ1v) is 8.29. The summed E-state index contributed by atoms with van der Waals surface area (Å²) in [6.45, 7) is -4.69. The molecule has 3 rings (SSSR count). The van der Waals surface area contributed by atoms with Crippen molar-refractivity contribution in [2.24, 2.45) is 0 Å². The van der Waals surface area contributed by atoms with Gasteiger partial charge in [0, 0.05) is 32.9 Å². The van der Waals surface area contributed by atoms with Crippen molar-refractivity contribution in [1.82, 2.24) is 9.80 Å². The zero-order valence-corrected chi connectivity index (χ0v) is 14.7. The summed E-state index contributed by atoms with van der Waals surface area (Å²) in [5.74, 6) is 0. The number of rotatable bonds is 5. The number of para-hydroxylation sites is 2. The van der Waals surface area contributed by atoms with E-state index in [4.69, 9.17) is 6.85 Å². The van der Waals surface area contributed by atoms with Crippen LogP contribution >= 0.6 is 11.8 Å². The van der Waals surface area contributed by atoms with Crippen molar-refractivity contribution in [2.45, 2.75) is 15.8 Å². The monoisotopic (exact) mass is 332 g/mol. The Morgan fingerprint density at radius 1 is 1.00 bits per heavy atom. The van der Waals surface area contributed by atoms with Crippen LogP contribution in [0.5, 0.6) is 0 Å². The number of likely N-dealkylation sites (N-methyl/N-ethyl adjacent to an activating group) is 2. The van der Waals surface area contributed by atoms with Gasteiger partial charge in [-0.3, -0.25) is 0 Å². The second kappa shape index (κ2) is 6.95. The lowest BCUT2D eigenvalue weighted by atomic mass is 10.1. The van der Waals surface area contributed by atoms with Crippen LogP contribution in [0, 0.1) is 0 Å². The molecule has 3 nitrogen and oxygen atoms in total. The molecule has 0 radical (unpaired) electrons. The van der Waals surface area contributed by atoms with Crippen molar-refractivity contribution in [3.05, 3.63) is 48.5 Å². The molecule has 0 bridgehead atoms. The van der Waals surface area contributed by atoms with Crippen LogP contribution in [0.15, 0.2) is 58.3 Å². The Kier molecular flexibility index (Phi) is 3.36. The number of benzene rings is 2. The summed E-state index contributed by atoms with van der Waals surface area (Å²) >= 11 is 1.55. The summed E-state index contributed by atoms with van der Waals surface area (Å²) in [5.41, 5.74) is 1.26. The van der Waals surface area contributed by atoms with E-state index in [1.807, 2.05) is 48.5 Å². The van der Waals surface area contributed by atoms with E-state index in [0.29, 0.717) is 11.4 Å². The number of fused-ring (bicyclic) bond motifs is 2. The number of hydrogen-bond donors (Lipinski definition) is 0. The first-order chi connectivity index (χ1) is 13.0. The Balaban J connectivity index is 2.29. The summed E-state index contributed by atoms with van der Waals surface area (Å²) in [6, 6.07) is 12.7. The van der Waals surface area contributed by atoms with Crippen LogP contribution in [0.2, 0.25) is 0 Å². The predicted molar refractivity (Wildman–Crippen MR) is 100 cm³/mol. The molecule has 2 aromatic carbocycles. The smallest absolute Gasteiger partial charge is 0.0553 e. The molecule has 23 heavy (non-hydrogen) atoms. The van der Waals surface area contributed by atoms with Gasteiger partial charge in [-0.1, -0.05) is 36.0 Å². The van der Waals surface area contributed by atoms with Crippen molar-refractivity contribution in [2.75, 3.05) is 46.1 Å². The first-order valence-electron chi connectivity index (χ1n) is 9.97. The van der Waals surface area contributed by atoms with Gasteiger partial charge in [-0.15, -0.1) is 0 Å². The lowest BCUT2D eigenvalue weighted by molar-refractivity contribution is 0.233. The second-order valence-electron chi connectivity index (χ2n) is 5.73. The Morgan fingerprint density at radius 3 is 2.00 bits per heavy atom. The van der Waals surface area contributed by atoms with Crippen LogP contribution in [0.4, 0.5) is 11.4 Å². The molecule has 2 aromatic rings. The highest BCUT2D eigenvalue weighted by molar-refractivity contribution is 7.99. The predicted octanol–water partition coefficient (Wildman–Crippen LogP) is 3.78. The highest BCUT2D eigenvalue weighted by Gasteiger charge is 2.26. The average molecular weight is 333 g/mol. The Labute approximate surface area is 150 Å². The third-order valence-corrected chi connectivity index (χ3v) is 4.56. The van der Waals surface area contributed by atoms with Crippen LogP contribution < -0.4 is 4.90 Å². The minimum Gasteiger partial charge on any atom is -0.338 e. The highest BCUT2D eigenvalue weighted by atomic mass is 32.2. The zero-order valence-electron chi connectivity index (χ0n) is 18.9. The van der Waals surface area contributed by atoms with Gasteiger partial charge in [0.15, 0.2) is 0 Å². The first kappa shape index (κ1) is 11.1. The Bertz CT molecular complexity index is 829. The quantitative estimate of drug-likeness (QED) is 0.824. The number of nitrogens with zero attached hydrogens (tertiary/aromatic N) is 3. The van der Waals surface area contributed by atoms with Gasteiger partial charge in [-0.2, -0.15) is 0 Å². The number of anilines is 2. The molecular formula is C19H25N3S. The van der Waals surface area contributed by atoms with Crippen molar-refractivity contribution in [3.63, 3.8) is 0 Å². The molecule has 0 N–H and O–H groups in total. The van der Waals surface area contributed by atoms with Gasteiger partial charge in [-0.25, -0.2) is 0 Å². The van der Waals surface area contributed by atoms with E-state index < -0.39 is 19.0 Å². The van der Waals surface area contributed by atoms with Gasteiger partial charge in [0.1, 0.15) is 0 Å². The Morgan fingerprint density at radius 2 is 1.52 bits per heavy atom. The number of hydrogen-bond acceptors (Lipinski definition) is 4. The molecule has 0 saturated carbocycles. The largest absolute Gasteiger partial charge is 0.338 e. The maximum Gasteiger partial charge on any atom is 0.0553 e. The summed E-state index contributed by atoms with van der Waals surface area (Å²) in [7, 11) is 6.14. The van der Waals surface area contributed by atoms with Gasteiger partial charge < -0.3 is 14.7 Å². The van der Waals surface area contributed by atoms with Crippen LogP contribution in [0.3, 0.4) is 0 Å². The molecule has 0 fully saturated rings. The molecule has 1 aliphatic rings. The van der Waals surface area contributed by atoms with E-state index in [0.717, 1.165) is 9.79 Å². The van der Waals surface area contributed by atoms with E-state index in [1.54, 1.807) is 25.9 Å². The van der Waals surface area contributed by atoms with Gasteiger partial charge in [0.25, 0.3) is 0 Å². The van der Waals surface area contributed by atoms with E-state index in [2.05, 4.69) is 0 Å². The van der Waals surface area contributed by atoms with Gasteiger partial charge in [0.05, 0.1) is 14.1 Å². The second-order valence-corrected chi connectivity index (χ2v) is 6.82. The van der Waals surface area contributed by atoms with E-state index >= 15 is 0 Å². The molecule has 1 atom stereocenters. The molecule has 0 saturated heterocycles. The van der Waals surface area contributed by atoms with E-state index in [1.165, 1.54) is 28.8 Å². The summed E-state index contributed by atoms with van der Waals surface area (Å²) in [6.07, 6.45) is 0. The average Bonchev–Trinajstić information content (AvgIpc) is 2.64. The maximum atomic E-state index is 9.12. The molecular weight excluding hydrogens is 302 g/mol. The fourth-order valence-corrected chi connectivity index (χ4v) is 3.43. The molecule has 0 spiro atoms. The molecule has 0 amide bonds. The molecule has 0 aliphatic carbocycles. The van der Waals surface area contributed by atoms with E-state index in [9.17, 15) is 0 Å². The zero-order chi connectivity index (χ0) is 20.9. The third-order valence-electron chi connectivity index (χ3n) is 3.43. The SMILES string of the molecule is [2H]C([2H])(N(C)C)C([2H])(N(C)C)C([2H])([2H])N1c2ccccc2Sc2ccccc21. The topological polar surface area (TPSA) is 9.72 Å². The molecule has 122 valence electrons. The van der Waals surface area contributed by atoms with Gasteiger partial charge in [0.2, 0.25) is 0 Å². The normalized spacial score (nSPS) is 20.6. The van der Waals surface area contributed by atoms with Crippen molar-refractivity contribution in [3.8, 4) is 0 Å². The van der Waals surface area contributed by atoms with E-state index in [-0.39, 0.29) is 0 Å². The third kappa shape index (κ3) is 3.55. The standard InChI is InChI=1S/C19H25N3S/c1-20(2)13-15(21(3)4)14-22-16-9-5-7-11-18(16)23-19-12-8-6-10-17(19)22/h5-12,15H,13-14H2,1-4H3/i13D2,14D2,15D. The molecule has 1 heterocycles. The minimum atomic E-state index is -2.41. The van der Waals surface area contributed by atoms with Gasteiger partial charge in [-0.05, 0) is 52.5 Å². The van der Waals surface area contributed by atoms with Gasteiger partial charge >= 0.3 is 0 Å². The van der Waals surface area contributed by atoms with Crippen molar-refractivity contribution >= 4 is 23.1 Å². The summed E-state index contributed by atoms with van der Waals surface area (Å²) in [5, 5.41) is 0. The van der Waals surface area contributed by atoms with Crippen LogP contribution in [0.1, 0.15) is 6.85 Å². The lowest BCUT2D eigenvalue weighted by Gasteiger charge is -2.38. The molecule has 0 aromatic heterocycles. The summed E-state index contributed by atoms with van der Waals surface area (Å²) in [4.78, 5) is 5.80. The lowest BCUT2D eigenvalue weighted by Crippen LogP contribution is -2.45. The van der Waals surface area contributed by atoms with Crippen LogP contribution in [-0.2, 0) is 0 Å². The maximum absolute atomic E-state index is 9.12. The molecule has 4 heteroatoms. The van der Waals surface area contributed by atoms with Crippen LogP contribution in [-0.4, -0.2) is 57.0 Å². The van der Waals surface area contributed by atoms with Crippen LogP contribution in [0.25, 0.3) is 0 Å². The molecule has 1 aliphatic heterocycles. The highest BCUT2D eigenvalue weighted by Crippen LogP contribution is 2.47. The fraction of sp³-hybridized carbons (Fsp3) is 0.368. The Hall–Kier alpha value is -1.49. The molecule has 1 unspecified atom stereocenters.